The van der Waals surface area contributed by atoms with Crippen molar-refractivity contribution in [1.29, 1.82) is 0 Å². The molecular weight excluding hydrogens is 412 g/mol. The largest absolute Gasteiger partial charge is 0.475 e. The number of carbonyl (C=O) groups is 1. The lowest BCUT2D eigenvalue weighted by Crippen LogP contribution is -2.15. The number of allylic oxidation sites excluding steroid dienone is 2. The molecule has 0 spiro atoms. The zero-order valence-corrected chi connectivity index (χ0v) is 20.9. The minimum Gasteiger partial charge on any atom is -0.475 e. The Bertz CT molecular complexity index is 1130. The highest BCUT2D eigenvalue weighted by Crippen LogP contribution is 2.34. The quantitative estimate of drug-likeness (QED) is 0.524. The number of nitrogens with zero attached hydrogens (tertiary/aromatic N) is 2. The van der Waals surface area contributed by atoms with E-state index in [1.54, 1.807) is 24.6 Å². The topological polar surface area (TPSA) is 78.3 Å². The SMILES string of the molecule is CCCn1nc(C)c(C(=O)c2ccc(S(C)(=O)=O)c(C(C)=C(C)C)c2C)c1OC(C)C. The summed E-state index contributed by atoms with van der Waals surface area (Å²) in [5.74, 6) is 0.252. The molecule has 0 saturated heterocycles. The van der Waals surface area contributed by atoms with Crippen molar-refractivity contribution in [2.45, 2.75) is 79.4 Å². The van der Waals surface area contributed by atoms with Crippen LogP contribution >= 0.6 is 0 Å². The maximum atomic E-state index is 13.7. The Hall–Kier alpha value is -2.41. The van der Waals surface area contributed by atoms with Crippen LogP contribution in [0.3, 0.4) is 0 Å². The maximum Gasteiger partial charge on any atom is 0.223 e. The van der Waals surface area contributed by atoms with Gasteiger partial charge in [0.05, 0.1) is 16.7 Å². The number of hydrogen-bond donors (Lipinski definition) is 0. The summed E-state index contributed by atoms with van der Waals surface area (Å²) in [5, 5.41) is 4.54. The van der Waals surface area contributed by atoms with Gasteiger partial charge in [-0.3, -0.25) is 4.79 Å². The molecular formula is C24H34N2O4S. The number of ether oxygens (including phenoxy) is 1. The van der Waals surface area contributed by atoms with Crippen molar-refractivity contribution in [1.82, 2.24) is 9.78 Å². The van der Waals surface area contributed by atoms with Crippen LogP contribution in [0.5, 0.6) is 5.88 Å². The normalized spacial score (nSPS) is 11.7. The molecule has 1 aromatic carbocycles. The van der Waals surface area contributed by atoms with Gasteiger partial charge in [-0.25, -0.2) is 13.1 Å². The molecule has 0 bridgehead atoms. The van der Waals surface area contributed by atoms with Crippen LogP contribution in [0, 0.1) is 13.8 Å². The van der Waals surface area contributed by atoms with Crippen molar-refractivity contribution in [3.05, 3.63) is 45.7 Å². The average Bonchev–Trinajstić information content (AvgIpc) is 2.94. The first kappa shape index (κ1) is 24.9. The molecule has 0 saturated carbocycles. The molecule has 170 valence electrons. The Morgan fingerprint density at radius 2 is 1.74 bits per heavy atom. The van der Waals surface area contributed by atoms with Gasteiger partial charge in [0.2, 0.25) is 11.7 Å². The number of carbonyl (C=O) groups excluding carboxylic acids is 1. The van der Waals surface area contributed by atoms with Gasteiger partial charge in [0.15, 0.2) is 9.84 Å². The molecule has 0 N–H and O–H groups in total. The first-order valence-corrected chi connectivity index (χ1v) is 12.5. The highest BCUT2D eigenvalue weighted by Gasteiger charge is 2.28. The van der Waals surface area contributed by atoms with E-state index in [0.717, 1.165) is 17.6 Å². The summed E-state index contributed by atoms with van der Waals surface area (Å²) in [6.45, 7) is 15.9. The Labute approximate surface area is 186 Å². The summed E-state index contributed by atoms with van der Waals surface area (Å²) in [4.78, 5) is 13.9. The summed E-state index contributed by atoms with van der Waals surface area (Å²) >= 11 is 0. The number of ketones is 1. The second-order valence-corrected chi connectivity index (χ2v) is 10.5. The molecule has 6 nitrogen and oxygen atoms in total. The van der Waals surface area contributed by atoms with Crippen molar-refractivity contribution in [2.75, 3.05) is 6.26 Å². The average molecular weight is 447 g/mol. The van der Waals surface area contributed by atoms with Crippen molar-refractivity contribution >= 4 is 21.2 Å². The van der Waals surface area contributed by atoms with Gasteiger partial charge in [0.1, 0.15) is 5.56 Å². The van der Waals surface area contributed by atoms with Gasteiger partial charge in [0, 0.05) is 18.4 Å². The monoisotopic (exact) mass is 446 g/mol. The zero-order chi connectivity index (χ0) is 23.7. The van der Waals surface area contributed by atoms with Crippen molar-refractivity contribution in [3.8, 4) is 5.88 Å². The van der Waals surface area contributed by atoms with Crippen LogP contribution in [-0.4, -0.2) is 36.3 Å². The fourth-order valence-corrected chi connectivity index (χ4v) is 4.61. The van der Waals surface area contributed by atoms with E-state index in [4.69, 9.17) is 4.74 Å². The molecule has 0 aliphatic rings. The Morgan fingerprint density at radius 3 is 2.23 bits per heavy atom. The fraction of sp³-hybridized carbons (Fsp3) is 0.500. The lowest BCUT2D eigenvalue weighted by atomic mass is 9.91. The Morgan fingerprint density at radius 1 is 1.13 bits per heavy atom. The molecule has 0 radical (unpaired) electrons. The third kappa shape index (κ3) is 5.09. The predicted molar refractivity (Wildman–Crippen MR) is 125 cm³/mol. The van der Waals surface area contributed by atoms with E-state index >= 15 is 0 Å². The third-order valence-electron chi connectivity index (χ3n) is 5.29. The van der Waals surface area contributed by atoms with Crippen LogP contribution < -0.4 is 4.74 Å². The van der Waals surface area contributed by atoms with Gasteiger partial charge in [-0.05, 0) is 83.7 Å². The second kappa shape index (κ2) is 9.39. The lowest BCUT2D eigenvalue weighted by molar-refractivity contribution is 0.103. The Kier molecular flexibility index (Phi) is 7.53. The third-order valence-corrected chi connectivity index (χ3v) is 6.43. The molecule has 0 amide bonds. The highest BCUT2D eigenvalue weighted by molar-refractivity contribution is 7.90. The van der Waals surface area contributed by atoms with Crippen molar-refractivity contribution in [3.63, 3.8) is 0 Å². The van der Waals surface area contributed by atoms with E-state index in [2.05, 4.69) is 5.10 Å². The molecule has 0 fully saturated rings. The number of sulfone groups is 1. The molecule has 2 rings (SSSR count). The van der Waals surface area contributed by atoms with Gasteiger partial charge >= 0.3 is 0 Å². The van der Waals surface area contributed by atoms with Crippen molar-refractivity contribution < 1.29 is 17.9 Å². The Balaban J connectivity index is 2.81. The van der Waals surface area contributed by atoms with Gasteiger partial charge in [0.25, 0.3) is 0 Å². The van der Waals surface area contributed by atoms with E-state index in [9.17, 15) is 13.2 Å². The minimum absolute atomic E-state index is 0.115. The first-order valence-electron chi connectivity index (χ1n) is 10.6. The molecule has 0 unspecified atom stereocenters. The number of benzene rings is 1. The van der Waals surface area contributed by atoms with Gasteiger partial charge in [-0.15, -0.1) is 0 Å². The van der Waals surface area contributed by atoms with Crippen LogP contribution in [0.1, 0.15) is 80.7 Å². The van der Waals surface area contributed by atoms with E-state index in [1.165, 1.54) is 12.3 Å². The number of aromatic nitrogens is 2. The first-order chi connectivity index (χ1) is 14.3. The summed E-state index contributed by atoms with van der Waals surface area (Å²) in [5.41, 5.74) is 4.57. The molecule has 1 heterocycles. The van der Waals surface area contributed by atoms with E-state index in [0.29, 0.717) is 40.4 Å². The number of hydrogen-bond acceptors (Lipinski definition) is 5. The maximum absolute atomic E-state index is 13.7. The predicted octanol–water partition coefficient (Wildman–Crippen LogP) is 5.14. The van der Waals surface area contributed by atoms with Crippen LogP contribution in [0.25, 0.3) is 5.57 Å². The fourth-order valence-electron chi connectivity index (χ4n) is 3.62. The van der Waals surface area contributed by atoms with Crippen LogP contribution in [0.4, 0.5) is 0 Å². The van der Waals surface area contributed by atoms with Crippen LogP contribution in [0.2, 0.25) is 0 Å². The van der Waals surface area contributed by atoms with Gasteiger partial charge in [-0.1, -0.05) is 12.5 Å². The minimum atomic E-state index is -3.46. The van der Waals surface area contributed by atoms with Gasteiger partial charge in [-0.2, -0.15) is 5.10 Å². The summed E-state index contributed by atoms with van der Waals surface area (Å²) in [6.07, 6.45) is 1.93. The van der Waals surface area contributed by atoms with E-state index in [-0.39, 0.29) is 16.8 Å². The van der Waals surface area contributed by atoms with Crippen LogP contribution in [-0.2, 0) is 16.4 Å². The number of aryl methyl sites for hydroxylation is 2. The van der Waals surface area contributed by atoms with Crippen LogP contribution in [0.15, 0.2) is 22.6 Å². The lowest BCUT2D eigenvalue weighted by Gasteiger charge is -2.18. The molecule has 2 aromatic rings. The smallest absolute Gasteiger partial charge is 0.223 e. The highest BCUT2D eigenvalue weighted by atomic mass is 32.2. The molecule has 0 atom stereocenters. The van der Waals surface area contributed by atoms with E-state index < -0.39 is 9.84 Å². The van der Waals surface area contributed by atoms with Crippen molar-refractivity contribution in [2.24, 2.45) is 0 Å². The summed E-state index contributed by atoms with van der Waals surface area (Å²) in [6, 6.07) is 3.14. The summed E-state index contributed by atoms with van der Waals surface area (Å²) < 4.78 is 32.6. The standard InChI is InChI=1S/C24H34N2O4S/c1-10-13-26-24(30-15(4)5)22(18(8)25-26)23(27)19-11-12-20(31(9,28)29)21(17(19)7)16(6)14(2)3/h11-12,15H,10,13H2,1-9H3. The number of rotatable bonds is 8. The van der Waals surface area contributed by atoms with Gasteiger partial charge < -0.3 is 4.74 Å². The molecule has 0 aliphatic heterocycles. The second-order valence-electron chi connectivity index (χ2n) is 8.49. The van der Waals surface area contributed by atoms with E-state index in [1.807, 2.05) is 41.5 Å². The molecule has 0 aliphatic carbocycles. The molecule has 7 heteroatoms. The zero-order valence-electron chi connectivity index (χ0n) is 20.1. The molecule has 1 aromatic heterocycles. The summed E-state index contributed by atoms with van der Waals surface area (Å²) in [7, 11) is -3.46. The molecule has 31 heavy (non-hydrogen) atoms.